The first-order valence-electron chi connectivity index (χ1n) is 18.2. The van der Waals surface area contributed by atoms with E-state index < -0.39 is 0 Å². The second-order valence-corrected chi connectivity index (χ2v) is 13.1. The van der Waals surface area contributed by atoms with Crippen LogP contribution in [0.1, 0.15) is 16.7 Å². The van der Waals surface area contributed by atoms with Gasteiger partial charge in [0.25, 0.3) is 0 Å². The molecule has 3 nitrogen and oxygen atoms in total. The summed E-state index contributed by atoms with van der Waals surface area (Å²) in [5, 5.41) is 9.86. The fourth-order valence-electron chi connectivity index (χ4n) is 6.61. The highest BCUT2D eigenvalue weighted by Gasteiger charge is 2.13. The van der Waals surface area contributed by atoms with Crippen molar-refractivity contribution in [1.29, 1.82) is 5.41 Å². The van der Waals surface area contributed by atoms with Gasteiger partial charge >= 0.3 is 0 Å². The lowest BCUT2D eigenvalue weighted by Crippen LogP contribution is -1.94. The monoisotopic (exact) mass is 698 g/mol. The van der Waals surface area contributed by atoms with Crippen molar-refractivity contribution in [2.24, 2.45) is 5.73 Å². The Morgan fingerprint density at radius 3 is 1.52 bits per heavy atom. The van der Waals surface area contributed by atoms with Gasteiger partial charge < -0.3 is 15.6 Å². The first-order valence-corrected chi connectivity index (χ1v) is 18.2. The number of rotatable bonds is 6. The standard InChI is InChI=1S/C37H25NO.C7H9N.C7H8/c38-24-31-12-7-13-36-37(31)34-23-30(19-21-35(34)39-36)26-16-14-25(15-17-26)29-18-20-32(27-8-3-1-4-9-27)33(22-29)28-10-5-2-6-11-28;8-6-7-4-2-1-3-5-7;1-7-5-3-2-4-6-7/h1-24,38H;1-5H,6,8H2;2-6H,1H3. The molecular formula is C51H42N2O. The smallest absolute Gasteiger partial charge is 0.136 e. The molecule has 1 aromatic heterocycles. The zero-order valence-corrected chi connectivity index (χ0v) is 30.3. The van der Waals surface area contributed by atoms with Crippen LogP contribution in [0.15, 0.2) is 205 Å². The molecule has 3 N–H and O–H groups in total. The van der Waals surface area contributed by atoms with Crippen molar-refractivity contribution in [3.63, 3.8) is 0 Å². The summed E-state index contributed by atoms with van der Waals surface area (Å²) >= 11 is 0. The van der Waals surface area contributed by atoms with Gasteiger partial charge in [-0.05, 0) is 81.3 Å². The van der Waals surface area contributed by atoms with E-state index in [1.54, 1.807) is 0 Å². The maximum atomic E-state index is 7.83. The molecule has 3 heteroatoms. The van der Waals surface area contributed by atoms with Crippen LogP contribution in [0.5, 0.6) is 0 Å². The number of hydrogen-bond acceptors (Lipinski definition) is 3. The highest BCUT2D eigenvalue weighted by molar-refractivity contribution is 6.13. The zero-order valence-electron chi connectivity index (χ0n) is 30.3. The van der Waals surface area contributed by atoms with Crippen molar-refractivity contribution in [2.45, 2.75) is 13.5 Å². The van der Waals surface area contributed by atoms with Crippen molar-refractivity contribution in [3.8, 4) is 44.5 Å². The zero-order chi connectivity index (χ0) is 37.1. The normalized spacial score (nSPS) is 10.6. The molecule has 8 aromatic carbocycles. The molecule has 0 radical (unpaired) electrons. The van der Waals surface area contributed by atoms with Crippen LogP contribution in [0.2, 0.25) is 0 Å². The molecule has 262 valence electrons. The van der Waals surface area contributed by atoms with Crippen molar-refractivity contribution in [1.82, 2.24) is 0 Å². The van der Waals surface area contributed by atoms with Gasteiger partial charge in [-0.2, -0.15) is 0 Å². The molecule has 9 rings (SSSR count). The van der Waals surface area contributed by atoms with Crippen molar-refractivity contribution < 1.29 is 4.42 Å². The second-order valence-electron chi connectivity index (χ2n) is 13.1. The van der Waals surface area contributed by atoms with Gasteiger partial charge in [-0.1, -0.05) is 181 Å². The minimum absolute atomic E-state index is 0.640. The van der Waals surface area contributed by atoms with Crippen LogP contribution in [-0.4, -0.2) is 6.21 Å². The summed E-state index contributed by atoms with van der Waals surface area (Å²) in [6.07, 6.45) is 1.39. The van der Waals surface area contributed by atoms with Crippen LogP contribution in [-0.2, 0) is 6.54 Å². The molecule has 0 unspecified atom stereocenters. The maximum absolute atomic E-state index is 7.83. The lowest BCUT2D eigenvalue weighted by Gasteiger charge is -2.13. The molecule has 54 heavy (non-hydrogen) atoms. The number of aryl methyl sites for hydroxylation is 1. The average Bonchev–Trinajstić information content (AvgIpc) is 3.64. The Morgan fingerprint density at radius 1 is 0.463 bits per heavy atom. The molecule has 0 aliphatic carbocycles. The molecule has 1 heterocycles. The van der Waals surface area contributed by atoms with Crippen molar-refractivity contribution >= 4 is 28.2 Å². The van der Waals surface area contributed by atoms with E-state index in [2.05, 4.69) is 134 Å². The lowest BCUT2D eigenvalue weighted by molar-refractivity contribution is 0.669. The fourth-order valence-corrected chi connectivity index (χ4v) is 6.61. The molecule has 0 aliphatic rings. The summed E-state index contributed by atoms with van der Waals surface area (Å²) in [6, 6.07) is 69.1. The van der Waals surface area contributed by atoms with E-state index in [1.807, 2.05) is 72.8 Å². The first-order chi connectivity index (χ1) is 26.6. The van der Waals surface area contributed by atoms with Crippen molar-refractivity contribution in [3.05, 3.63) is 217 Å². The van der Waals surface area contributed by atoms with E-state index in [-0.39, 0.29) is 0 Å². The van der Waals surface area contributed by atoms with Crippen LogP contribution in [0.4, 0.5) is 0 Å². The summed E-state index contributed by atoms with van der Waals surface area (Å²) in [5.41, 5.74) is 19.9. The number of nitrogens with one attached hydrogen (secondary N) is 1. The van der Waals surface area contributed by atoms with Crippen LogP contribution < -0.4 is 5.73 Å². The predicted octanol–water partition coefficient (Wildman–Crippen LogP) is 13.4. The SMILES string of the molecule is Cc1ccccc1.N=Cc1cccc2oc3ccc(-c4ccc(-c5ccc(-c6ccccc6)c(-c6ccccc6)c5)cc4)cc3c12.NCc1ccccc1. The van der Waals surface area contributed by atoms with Gasteiger partial charge in [0, 0.05) is 29.1 Å². The number of fused-ring (bicyclic) bond motifs is 3. The Kier molecular flexibility index (Phi) is 11.3. The highest BCUT2D eigenvalue weighted by Crippen LogP contribution is 2.37. The molecule has 0 spiro atoms. The van der Waals surface area contributed by atoms with Gasteiger partial charge in [-0.15, -0.1) is 0 Å². The Labute approximate surface area is 317 Å². The molecule has 0 fully saturated rings. The van der Waals surface area contributed by atoms with E-state index in [0.717, 1.165) is 38.6 Å². The van der Waals surface area contributed by atoms with Crippen molar-refractivity contribution in [2.75, 3.05) is 0 Å². The van der Waals surface area contributed by atoms with Gasteiger partial charge in [-0.25, -0.2) is 0 Å². The fraction of sp³-hybridized carbons (Fsp3) is 0.0392. The van der Waals surface area contributed by atoms with E-state index in [0.29, 0.717) is 6.54 Å². The van der Waals surface area contributed by atoms with Crippen LogP contribution >= 0.6 is 0 Å². The third-order valence-electron chi connectivity index (χ3n) is 9.44. The predicted molar refractivity (Wildman–Crippen MR) is 229 cm³/mol. The summed E-state index contributed by atoms with van der Waals surface area (Å²) in [7, 11) is 0. The average molecular weight is 699 g/mol. The largest absolute Gasteiger partial charge is 0.456 e. The second kappa shape index (κ2) is 17.1. The highest BCUT2D eigenvalue weighted by atomic mass is 16.3. The lowest BCUT2D eigenvalue weighted by atomic mass is 9.90. The Bertz CT molecular complexity index is 2580. The van der Waals surface area contributed by atoms with Crippen LogP contribution in [0.25, 0.3) is 66.4 Å². The molecule has 0 amide bonds. The molecule has 9 aromatic rings. The van der Waals surface area contributed by atoms with E-state index in [4.69, 9.17) is 15.6 Å². The van der Waals surface area contributed by atoms with Gasteiger partial charge in [0.05, 0.1) is 0 Å². The molecule has 0 saturated heterocycles. The minimum Gasteiger partial charge on any atom is -0.456 e. The summed E-state index contributed by atoms with van der Waals surface area (Å²) in [6.45, 7) is 2.72. The van der Waals surface area contributed by atoms with Gasteiger partial charge in [0.2, 0.25) is 0 Å². The Balaban J connectivity index is 0.000000249. The minimum atomic E-state index is 0.640. The summed E-state index contributed by atoms with van der Waals surface area (Å²) in [5.74, 6) is 0. The molecule has 0 bridgehead atoms. The van der Waals surface area contributed by atoms with E-state index in [9.17, 15) is 0 Å². The van der Waals surface area contributed by atoms with E-state index >= 15 is 0 Å². The van der Waals surface area contributed by atoms with Gasteiger partial charge in [-0.3, -0.25) is 0 Å². The summed E-state index contributed by atoms with van der Waals surface area (Å²) in [4.78, 5) is 0. The molecule has 0 saturated carbocycles. The molecule has 0 aliphatic heterocycles. The van der Waals surface area contributed by atoms with Crippen LogP contribution in [0.3, 0.4) is 0 Å². The molecule has 0 atom stereocenters. The Morgan fingerprint density at radius 2 is 0.981 bits per heavy atom. The third-order valence-corrected chi connectivity index (χ3v) is 9.44. The maximum Gasteiger partial charge on any atom is 0.136 e. The Hall–Kier alpha value is -6.81. The molecular weight excluding hydrogens is 657 g/mol. The van der Waals surface area contributed by atoms with E-state index in [1.165, 1.54) is 50.7 Å². The topological polar surface area (TPSA) is 63.0 Å². The number of furan rings is 1. The number of benzene rings is 8. The summed E-state index contributed by atoms with van der Waals surface area (Å²) < 4.78 is 6.05. The quantitative estimate of drug-likeness (QED) is 0.170. The van der Waals surface area contributed by atoms with Crippen LogP contribution in [0, 0.1) is 12.3 Å². The number of hydrogen-bond donors (Lipinski definition) is 2. The first kappa shape index (κ1) is 35.6. The number of nitrogens with two attached hydrogens (primary N) is 1. The third kappa shape index (κ3) is 8.29. The van der Waals surface area contributed by atoms with Gasteiger partial charge in [0.15, 0.2) is 0 Å². The van der Waals surface area contributed by atoms with Gasteiger partial charge in [0.1, 0.15) is 11.2 Å².